The van der Waals surface area contributed by atoms with E-state index in [0.29, 0.717) is 17.5 Å². The fraction of sp³-hybridized carbons (Fsp3) is 0.438. The van der Waals surface area contributed by atoms with Gasteiger partial charge >= 0.3 is 0 Å². The predicted octanol–water partition coefficient (Wildman–Crippen LogP) is 1.60. The maximum atomic E-state index is 13.7. The van der Waals surface area contributed by atoms with Crippen molar-refractivity contribution in [2.45, 2.75) is 32.9 Å². The molecule has 0 fully saturated rings. The van der Waals surface area contributed by atoms with Crippen molar-refractivity contribution in [3.05, 3.63) is 35.1 Å². The molecule has 1 amide bonds. The Morgan fingerprint density at radius 1 is 1.48 bits per heavy atom. The van der Waals surface area contributed by atoms with Gasteiger partial charge in [-0.05, 0) is 32.0 Å². The molecule has 5 heteroatoms. The van der Waals surface area contributed by atoms with Gasteiger partial charge in [0, 0.05) is 24.1 Å². The van der Waals surface area contributed by atoms with E-state index in [1.165, 1.54) is 6.07 Å². The molecule has 0 aliphatic carbocycles. The van der Waals surface area contributed by atoms with E-state index >= 15 is 0 Å². The number of rotatable bonds is 6. The molecule has 0 aromatic heterocycles. The van der Waals surface area contributed by atoms with Crippen molar-refractivity contribution in [2.75, 3.05) is 13.2 Å². The minimum atomic E-state index is -0.396. The summed E-state index contributed by atoms with van der Waals surface area (Å²) in [6.07, 6.45) is 0.341. The van der Waals surface area contributed by atoms with Crippen LogP contribution in [0.15, 0.2) is 18.2 Å². The molecule has 4 nitrogen and oxygen atoms in total. The van der Waals surface area contributed by atoms with Crippen LogP contribution in [-0.2, 0) is 16.1 Å². The van der Waals surface area contributed by atoms with E-state index in [0.717, 1.165) is 0 Å². The number of carbonyl (C=O) groups excluding carboxylic acids is 1. The largest absolute Gasteiger partial charge is 0.395 e. The van der Waals surface area contributed by atoms with Gasteiger partial charge in [0.25, 0.3) is 0 Å². The quantitative estimate of drug-likeness (QED) is 0.783. The zero-order valence-corrected chi connectivity index (χ0v) is 12.3. The average molecular weight is 293 g/mol. The lowest BCUT2D eigenvalue weighted by Gasteiger charge is -2.09. The molecule has 21 heavy (non-hydrogen) atoms. The zero-order valence-electron chi connectivity index (χ0n) is 12.3. The van der Waals surface area contributed by atoms with Crippen LogP contribution in [0.2, 0.25) is 0 Å². The third-order valence-electron chi connectivity index (χ3n) is 2.54. The van der Waals surface area contributed by atoms with Gasteiger partial charge < -0.3 is 15.2 Å². The van der Waals surface area contributed by atoms with Gasteiger partial charge in [0.15, 0.2) is 0 Å². The van der Waals surface area contributed by atoms with Crippen molar-refractivity contribution in [3.8, 4) is 11.8 Å². The molecule has 114 valence electrons. The molecule has 0 unspecified atom stereocenters. The van der Waals surface area contributed by atoms with Crippen molar-refractivity contribution in [2.24, 2.45) is 0 Å². The summed E-state index contributed by atoms with van der Waals surface area (Å²) in [4.78, 5) is 11.5. The first kappa shape index (κ1) is 17.2. The van der Waals surface area contributed by atoms with Gasteiger partial charge in [0.05, 0.1) is 12.7 Å². The van der Waals surface area contributed by atoms with Crippen LogP contribution in [-0.4, -0.2) is 30.3 Å². The lowest BCUT2D eigenvalue weighted by molar-refractivity contribution is -0.127. The number of halogens is 1. The molecule has 0 heterocycles. The van der Waals surface area contributed by atoms with Gasteiger partial charge in [-0.1, -0.05) is 11.8 Å². The van der Waals surface area contributed by atoms with Crippen molar-refractivity contribution < 1.29 is 19.0 Å². The molecule has 0 aliphatic rings. The summed E-state index contributed by atoms with van der Waals surface area (Å²) in [6.45, 7) is 3.70. The van der Waals surface area contributed by atoms with Crippen LogP contribution < -0.4 is 5.32 Å². The first-order valence-corrected chi connectivity index (χ1v) is 6.79. The topological polar surface area (TPSA) is 58.6 Å². The van der Waals surface area contributed by atoms with Gasteiger partial charge in [-0.3, -0.25) is 4.79 Å². The number of ether oxygens (including phenoxy) is 1. The highest BCUT2D eigenvalue weighted by atomic mass is 19.1. The predicted molar refractivity (Wildman–Crippen MR) is 77.9 cm³/mol. The summed E-state index contributed by atoms with van der Waals surface area (Å²) >= 11 is 0. The smallest absolute Gasteiger partial charge is 0.246 e. The lowest BCUT2D eigenvalue weighted by Crippen LogP contribution is -2.28. The number of nitrogens with one attached hydrogen (secondary N) is 1. The molecule has 0 radical (unpaired) electrons. The normalized spacial score (nSPS) is 10.1. The van der Waals surface area contributed by atoms with Crippen LogP contribution in [0.1, 0.15) is 31.4 Å². The van der Waals surface area contributed by atoms with Crippen molar-refractivity contribution >= 4 is 5.91 Å². The molecule has 0 saturated carbocycles. The number of carbonyl (C=O) groups is 1. The van der Waals surface area contributed by atoms with E-state index in [9.17, 15) is 9.18 Å². The Morgan fingerprint density at radius 3 is 2.90 bits per heavy atom. The standard InChI is InChI=1S/C16H20FNO3/c1-12(2)21-11-16(20)18-10-14-9-13(5-3-4-8-19)6-7-15(14)17/h6-7,9,12,19H,4,8,10-11H2,1-2H3,(H,18,20). The second-order valence-electron chi connectivity index (χ2n) is 4.72. The summed E-state index contributed by atoms with van der Waals surface area (Å²) in [7, 11) is 0. The molecule has 0 atom stereocenters. The number of aliphatic hydroxyl groups is 1. The summed E-state index contributed by atoms with van der Waals surface area (Å²) < 4.78 is 18.8. The molecule has 1 rings (SSSR count). The fourth-order valence-electron chi connectivity index (χ4n) is 1.50. The van der Waals surface area contributed by atoms with E-state index in [1.807, 2.05) is 13.8 Å². The summed E-state index contributed by atoms with van der Waals surface area (Å²) in [6, 6.07) is 4.46. The van der Waals surface area contributed by atoms with E-state index in [4.69, 9.17) is 9.84 Å². The molecule has 0 aliphatic heterocycles. The van der Waals surface area contributed by atoms with Gasteiger partial charge in [-0.2, -0.15) is 0 Å². The molecule has 0 saturated heterocycles. The van der Waals surface area contributed by atoms with Crippen LogP contribution in [0, 0.1) is 17.7 Å². The Hall–Kier alpha value is -1.90. The van der Waals surface area contributed by atoms with Crippen molar-refractivity contribution in [1.29, 1.82) is 0 Å². The maximum absolute atomic E-state index is 13.7. The molecule has 1 aromatic carbocycles. The Bertz CT molecular complexity index is 532. The van der Waals surface area contributed by atoms with Crippen molar-refractivity contribution in [1.82, 2.24) is 5.32 Å². The fourth-order valence-corrected chi connectivity index (χ4v) is 1.50. The Balaban J connectivity index is 2.60. The van der Waals surface area contributed by atoms with E-state index < -0.39 is 5.82 Å². The van der Waals surface area contributed by atoms with Crippen LogP contribution in [0.5, 0.6) is 0 Å². The Labute approximate surface area is 124 Å². The summed E-state index contributed by atoms with van der Waals surface area (Å²) in [5.41, 5.74) is 1.01. The van der Waals surface area contributed by atoms with E-state index in [-0.39, 0.29) is 31.8 Å². The number of benzene rings is 1. The summed E-state index contributed by atoms with van der Waals surface area (Å²) in [5, 5.41) is 11.3. The first-order chi connectivity index (χ1) is 10.0. The van der Waals surface area contributed by atoms with Gasteiger partial charge in [0.2, 0.25) is 5.91 Å². The third-order valence-corrected chi connectivity index (χ3v) is 2.54. The minimum Gasteiger partial charge on any atom is -0.395 e. The SMILES string of the molecule is CC(C)OCC(=O)NCc1cc(C#CCCO)ccc1F. The van der Waals surface area contributed by atoms with E-state index in [2.05, 4.69) is 17.2 Å². The van der Waals surface area contributed by atoms with E-state index in [1.54, 1.807) is 12.1 Å². The zero-order chi connectivity index (χ0) is 15.7. The first-order valence-electron chi connectivity index (χ1n) is 6.79. The highest BCUT2D eigenvalue weighted by Crippen LogP contribution is 2.10. The lowest BCUT2D eigenvalue weighted by atomic mass is 10.1. The van der Waals surface area contributed by atoms with Crippen molar-refractivity contribution in [3.63, 3.8) is 0 Å². The van der Waals surface area contributed by atoms with Gasteiger partial charge in [0.1, 0.15) is 12.4 Å². The third kappa shape index (κ3) is 6.89. The Kier molecular flexibility index (Phi) is 7.44. The molecule has 1 aromatic rings. The number of hydrogen-bond donors (Lipinski definition) is 2. The van der Waals surface area contributed by atoms with Crippen LogP contribution in [0.25, 0.3) is 0 Å². The molecular weight excluding hydrogens is 273 g/mol. The van der Waals surface area contributed by atoms with Crippen LogP contribution in [0.3, 0.4) is 0 Å². The van der Waals surface area contributed by atoms with Gasteiger partial charge in [-0.25, -0.2) is 4.39 Å². The average Bonchev–Trinajstić information content (AvgIpc) is 2.45. The number of hydrogen-bond acceptors (Lipinski definition) is 3. The molecule has 0 spiro atoms. The minimum absolute atomic E-state index is 0.00698. The molecular formula is C16H20FNO3. The van der Waals surface area contributed by atoms with Gasteiger partial charge in [-0.15, -0.1) is 0 Å². The second-order valence-corrected chi connectivity index (χ2v) is 4.72. The summed E-state index contributed by atoms with van der Waals surface area (Å²) in [5.74, 6) is 4.91. The molecule has 0 bridgehead atoms. The van der Waals surface area contributed by atoms with Crippen LogP contribution >= 0.6 is 0 Å². The number of aliphatic hydroxyl groups excluding tert-OH is 1. The second kappa shape index (κ2) is 9.11. The highest BCUT2D eigenvalue weighted by Gasteiger charge is 2.06. The highest BCUT2D eigenvalue weighted by molar-refractivity contribution is 5.77. The maximum Gasteiger partial charge on any atom is 0.246 e. The monoisotopic (exact) mass is 293 g/mol. The number of amides is 1. The Morgan fingerprint density at radius 2 is 2.24 bits per heavy atom. The molecule has 2 N–H and O–H groups in total. The van der Waals surface area contributed by atoms with Crippen LogP contribution in [0.4, 0.5) is 4.39 Å².